The van der Waals surface area contributed by atoms with Gasteiger partial charge in [-0.15, -0.1) is 0 Å². The predicted octanol–water partition coefficient (Wildman–Crippen LogP) is 5.68. The number of hydrogen-bond acceptors (Lipinski definition) is 3. The van der Waals surface area contributed by atoms with E-state index in [4.69, 9.17) is 4.43 Å². The summed E-state index contributed by atoms with van der Waals surface area (Å²) in [5.41, 5.74) is -0.899. The maximum atomic E-state index is 14.2. The number of carbonyl (C=O) groups excluding carboxylic acids is 2. The van der Waals surface area contributed by atoms with Gasteiger partial charge >= 0.3 is 24.0 Å². The first-order chi connectivity index (χ1) is 13.1. The zero-order valence-electron chi connectivity index (χ0n) is 17.1. The monoisotopic (exact) mass is 477 g/mol. The molecule has 0 unspecified atom stereocenters. The summed E-state index contributed by atoms with van der Waals surface area (Å²) in [6, 6.07) is 4.71. The van der Waals surface area contributed by atoms with Crippen LogP contribution in [0.3, 0.4) is 0 Å². The number of amides is 1. The van der Waals surface area contributed by atoms with E-state index in [1.165, 1.54) is 31.8 Å². The second kappa shape index (κ2) is 7.98. The van der Waals surface area contributed by atoms with Gasteiger partial charge in [0.2, 0.25) is 8.32 Å². The maximum absolute atomic E-state index is 14.2. The molecule has 4 nitrogen and oxygen atoms in total. The van der Waals surface area contributed by atoms with Crippen LogP contribution in [0.4, 0.5) is 36.4 Å². The standard InChI is InChI=1S/C17H22F7NO3Si2/c1-29(2,3)25(14(27)15(18,19)16(20,21)17(22,23)24)12-10-8-7-9-11(12)13(26)28-30(4,5)6/h7-10H,1-6H3. The van der Waals surface area contributed by atoms with Crippen LogP contribution in [0.15, 0.2) is 24.3 Å². The van der Waals surface area contributed by atoms with Crippen molar-refractivity contribution in [2.24, 2.45) is 0 Å². The Bertz CT molecular complexity index is 815. The van der Waals surface area contributed by atoms with Crippen molar-refractivity contribution >= 4 is 34.1 Å². The van der Waals surface area contributed by atoms with E-state index in [0.29, 0.717) is 0 Å². The molecule has 0 saturated carbocycles. The number of benzene rings is 1. The molecule has 0 aliphatic carbocycles. The third-order valence-corrected chi connectivity index (χ3v) is 6.24. The first-order valence-corrected chi connectivity index (χ1v) is 15.5. The van der Waals surface area contributed by atoms with Gasteiger partial charge in [0.1, 0.15) is 0 Å². The fraction of sp³-hybridized carbons (Fsp3) is 0.529. The lowest BCUT2D eigenvalue weighted by atomic mass is 10.1. The smallest absolute Gasteiger partial charge is 0.460 e. The second-order valence-corrected chi connectivity index (χ2v) is 17.7. The molecule has 0 aliphatic heterocycles. The van der Waals surface area contributed by atoms with E-state index in [9.17, 15) is 40.3 Å². The summed E-state index contributed by atoms with van der Waals surface area (Å²) in [5.74, 6) is -16.4. The Balaban J connectivity index is 3.66. The Hall–Kier alpha value is -1.90. The topological polar surface area (TPSA) is 46.6 Å². The van der Waals surface area contributed by atoms with E-state index in [0.717, 1.165) is 12.1 Å². The summed E-state index contributed by atoms with van der Waals surface area (Å²) in [4.78, 5) is 25.0. The van der Waals surface area contributed by atoms with Crippen molar-refractivity contribution in [3.8, 4) is 0 Å². The summed E-state index contributed by atoms with van der Waals surface area (Å²) in [6.45, 7) is 8.79. The van der Waals surface area contributed by atoms with Gasteiger partial charge in [-0.1, -0.05) is 31.8 Å². The molecule has 0 N–H and O–H groups in total. The van der Waals surface area contributed by atoms with Crippen LogP contribution in [0, 0.1) is 0 Å². The Kier molecular flexibility index (Phi) is 6.95. The Morgan fingerprint density at radius 3 is 1.73 bits per heavy atom. The summed E-state index contributed by atoms with van der Waals surface area (Å²) in [7, 11) is -5.85. The summed E-state index contributed by atoms with van der Waals surface area (Å²) >= 11 is 0. The highest BCUT2D eigenvalue weighted by molar-refractivity contribution is 6.83. The van der Waals surface area contributed by atoms with Crippen LogP contribution in [-0.4, -0.2) is 46.5 Å². The molecule has 1 rings (SSSR count). The van der Waals surface area contributed by atoms with E-state index in [-0.39, 0.29) is 10.1 Å². The predicted molar refractivity (Wildman–Crippen MR) is 102 cm³/mol. The molecular weight excluding hydrogens is 455 g/mol. The van der Waals surface area contributed by atoms with Gasteiger partial charge < -0.3 is 8.99 Å². The molecule has 0 spiro atoms. The Morgan fingerprint density at radius 2 is 1.33 bits per heavy atom. The molecule has 170 valence electrons. The van der Waals surface area contributed by atoms with E-state index < -0.39 is 52.1 Å². The van der Waals surface area contributed by atoms with Gasteiger partial charge in [-0.05, 0) is 31.8 Å². The van der Waals surface area contributed by atoms with Crippen LogP contribution in [0.25, 0.3) is 0 Å². The molecule has 1 amide bonds. The van der Waals surface area contributed by atoms with Crippen molar-refractivity contribution in [2.75, 3.05) is 4.57 Å². The molecule has 0 radical (unpaired) electrons. The van der Waals surface area contributed by atoms with Gasteiger partial charge in [-0.3, -0.25) is 4.79 Å². The lowest BCUT2D eigenvalue weighted by Crippen LogP contribution is -2.64. The minimum atomic E-state index is -6.66. The molecule has 1 aromatic rings. The number of hydrogen-bond donors (Lipinski definition) is 0. The number of nitrogens with zero attached hydrogens (tertiary/aromatic N) is 1. The quantitative estimate of drug-likeness (QED) is 0.391. The number of anilines is 1. The van der Waals surface area contributed by atoms with Crippen molar-refractivity contribution in [1.82, 2.24) is 0 Å². The molecule has 0 atom stereocenters. The Morgan fingerprint density at radius 1 is 0.867 bits per heavy atom. The van der Waals surface area contributed by atoms with Gasteiger partial charge in [0.15, 0.2) is 8.24 Å². The zero-order valence-corrected chi connectivity index (χ0v) is 19.1. The van der Waals surface area contributed by atoms with Crippen molar-refractivity contribution in [2.45, 2.75) is 57.3 Å². The number of carbonyl (C=O) groups is 2. The second-order valence-electron chi connectivity index (χ2n) is 8.48. The number of halogens is 7. The van der Waals surface area contributed by atoms with Crippen LogP contribution in [0.1, 0.15) is 10.4 Å². The normalized spacial score (nSPS) is 13.8. The van der Waals surface area contributed by atoms with Gasteiger partial charge in [-0.2, -0.15) is 30.7 Å². The highest BCUT2D eigenvalue weighted by Crippen LogP contribution is 2.48. The maximum Gasteiger partial charge on any atom is 0.460 e. The molecule has 0 saturated heterocycles. The molecule has 13 heteroatoms. The molecule has 0 bridgehead atoms. The average Bonchev–Trinajstić information content (AvgIpc) is 2.51. The lowest BCUT2D eigenvalue weighted by molar-refractivity contribution is -0.343. The fourth-order valence-corrected chi connectivity index (χ4v) is 4.74. The SMILES string of the molecule is C[Si](C)(C)OC(=O)c1ccccc1N(C(=O)C(F)(F)C(F)(F)C(F)(F)F)[Si](C)(C)C. The average molecular weight is 478 g/mol. The molecule has 0 fully saturated rings. The minimum absolute atomic E-state index is 0.202. The number of para-hydroxylation sites is 1. The zero-order chi connectivity index (χ0) is 23.9. The fourth-order valence-electron chi connectivity index (χ4n) is 2.40. The van der Waals surface area contributed by atoms with Crippen molar-refractivity contribution in [3.05, 3.63) is 29.8 Å². The van der Waals surface area contributed by atoms with Gasteiger partial charge in [0.05, 0.1) is 5.56 Å². The molecule has 30 heavy (non-hydrogen) atoms. The lowest BCUT2D eigenvalue weighted by Gasteiger charge is -2.39. The van der Waals surface area contributed by atoms with Crippen molar-refractivity contribution < 1.29 is 44.7 Å². The van der Waals surface area contributed by atoms with E-state index in [2.05, 4.69) is 0 Å². The Labute approximate surface area is 171 Å². The largest absolute Gasteiger partial charge is 0.516 e. The van der Waals surface area contributed by atoms with Crippen LogP contribution in [0.2, 0.25) is 39.3 Å². The van der Waals surface area contributed by atoms with Gasteiger partial charge in [0, 0.05) is 5.69 Å². The van der Waals surface area contributed by atoms with Crippen LogP contribution >= 0.6 is 0 Å². The first-order valence-electron chi connectivity index (χ1n) is 8.64. The van der Waals surface area contributed by atoms with Gasteiger partial charge in [-0.25, -0.2) is 4.79 Å². The van der Waals surface area contributed by atoms with Crippen LogP contribution in [-0.2, 0) is 9.22 Å². The molecule has 0 heterocycles. The van der Waals surface area contributed by atoms with Crippen molar-refractivity contribution in [1.29, 1.82) is 0 Å². The molecule has 1 aromatic carbocycles. The number of rotatable bonds is 6. The van der Waals surface area contributed by atoms with Crippen LogP contribution < -0.4 is 4.57 Å². The molecule has 0 aliphatic rings. The van der Waals surface area contributed by atoms with E-state index in [1.54, 1.807) is 19.6 Å². The first kappa shape index (κ1) is 26.1. The summed E-state index contributed by atoms with van der Waals surface area (Å²) < 4.78 is 98.7. The number of alkyl halides is 7. The third kappa shape index (κ3) is 5.23. The van der Waals surface area contributed by atoms with Crippen molar-refractivity contribution in [3.63, 3.8) is 0 Å². The minimum Gasteiger partial charge on any atom is -0.516 e. The van der Waals surface area contributed by atoms with Crippen LogP contribution in [0.5, 0.6) is 0 Å². The van der Waals surface area contributed by atoms with Gasteiger partial charge in [0.25, 0.3) is 5.91 Å². The highest BCUT2D eigenvalue weighted by atomic mass is 28.4. The van der Waals surface area contributed by atoms with E-state index >= 15 is 0 Å². The summed E-state index contributed by atoms with van der Waals surface area (Å²) in [5, 5.41) is 0. The highest BCUT2D eigenvalue weighted by Gasteiger charge is 2.77. The molecular formula is C17H22F7NO3Si2. The summed E-state index contributed by atoms with van der Waals surface area (Å²) in [6.07, 6.45) is -6.66. The van der Waals surface area contributed by atoms with E-state index in [1.807, 2.05) is 0 Å². The molecule has 0 aromatic heterocycles. The third-order valence-electron chi connectivity index (χ3n) is 3.66.